The molecule has 4 atom stereocenters. The number of rotatable bonds is 7. The van der Waals surface area contributed by atoms with Gasteiger partial charge in [-0.1, -0.05) is 24.3 Å². The predicted octanol–water partition coefficient (Wildman–Crippen LogP) is 1.62. The highest BCUT2D eigenvalue weighted by atomic mass is 16.6. The molecule has 0 heterocycles. The summed E-state index contributed by atoms with van der Waals surface area (Å²) in [4.78, 5) is 36.7. The van der Waals surface area contributed by atoms with E-state index < -0.39 is 54.7 Å². The minimum Gasteiger partial charge on any atom is -0.508 e. The summed E-state index contributed by atoms with van der Waals surface area (Å²) < 4.78 is 10.3. The van der Waals surface area contributed by atoms with E-state index in [1.807, 2.05) is 0 Å². The number of hydrogen-bond donors (Lipinski definition) is 5. The number of ether oxygens (including phenoxy) is 2. The van der Waals surface area contributed by atoms with Gasteiger partial charge in [-0.25, -0.2) is 14.4 Å². The molecule has 10 heteroatoms. The van der Waals surface area contributed by atoms with Gasteiger partial charge in [0.15, 0.2) is 0 Å². The van der Waals surface area contributed by atoms with E-state index in [4.69, 9.17) is 9.47 Å². The summed E-state index contributed by atoms with van der Waals surface area (Å²) in [5, 5.41) is 48.9. The fourth-order valence-electron chi connectivity index (χ4n) is 3.56. The lowest BCUT2D eigenvalue weighted by Gasteiger charge is -2.41. The highest BCUT2D eigenvalue weighted by Crippen LogP contribution is 2.35. The van der Waals surface area contributed by atoms with E-state index in [0.717, 1.165) is 12.2 Å². The van der Waals surface area contributed by atoms with Crippen molar-refractivity contribution >= 4 is 30.1 Å². The molecule has 1 aliphatic carbocycles. The molecular weight excluding hydrogens is 460 g/mol. The minimum atomic E-state index is -2.25. The maximum absolute atomic E-state index is 12.4. The van der Waals surface area contributed by atoms with Crippen LogP contribution in [0.4, 0.5) is 0 Å². The minimum absolute atomic E-state index is 0.0304. The second-order valence-electron chi connectivity index (χ2n) is 8.01. The van der Waals surface area contributed by atoms with Gasteiger partial charge >= 0.3 is 17.9 Å². The third-order valence-corrected chi connectivity index (χ3v) is 5.41. The molecule has 2 aromatic rings. The SMILES string of the molecule is O=C(/C=C\c1ccc(O)cc1)O[C@@H]1CC(OC(=O)/C=C\c2ccc(O)cc2)(C(=O)O)C[C@@H](O)[C@H]1O. The smallest absolute Gasteiger partial charge is 0.348 e. The number of aromatic hydroxyl groups is 2. The Kier molecular flexibility index (Phi) is 7.90. The molecule has 184 valence electrons. The number of carboxylic acids is 1. The molecule has 1 unspecified atom stereocenters. The molecule has 2 aromatic carbocycles. The monoisotopic (exact) mass is 484 g/mol. The van der Waals surface area contributed by atoms with Crippen molar-refractivity contribution in [2.24, 2.45) is 0 Å². The van der Waals surface area contributed by atoms with Crippen LogP contribution < -0.4 is 0 Å². The highest BCUT2D eigenvalue weighted by Gasteiger charge is 2.54. The Balaban J connectivity index is 1.71. The molecule has 10 nitrogen and oxygen atoms in total. The van der Waals surface area contributed by atoms with E-state index in [9.17, 15) is 39.9 Å². The topological polar surface area (TPSA) is 171 Å². The Morgan fingerprint density at radius 1 is 0.800 bits per heavy atom. The van der Waals surface area contributed by atoms with E-state index in [1.165, 1.54) is 48.6 Å². The van der Waals surface area contributed by atoms with E-state index >= 15 is 0 Å². The van der Waals surface area contributed by atoms with Crippen molar-refractivity contribution in [1.29, 1.82) is 0 Å². The third kappa shape index (κ3) is 6.69. The number of aliphatic hydroxyl groups is 2. The quantitative estimate of drug-likeness (QED) is 0.287. The van der Waals surface area contributed by atoms with Gasteiger partial charge in [0, 0.05) is 25.0 Å². The Bertz CT molecular complexity index is 1120. The summed E-state index contributed by atoms with van der Waals surface area (Å²) in [6, 6.07) is 11.8. The van der Waals surface area contributed by atoms with Gasteiger partial charge in [-0.3, -0.25) is 0 Å². The second kappa shape index (κ2) is 10.9. The van der Waals surface area contributed by atoms with Gasteiger partial charge in [0.1, 0.15) is 23.7 Å². The molecule has 1 saturated carbocycles. The van der Waals surface area contributed by atoms with Crippen LogP contribution in [0.15, 0.2) is 60.7 Å². The Morgan fingerprint density at radius 3 is 1.77 bits per heavy atom. The van der Waals surface area contributed by atoms with Crippen molar-refractivity contribution < 1.29 is 49.4 Å². The van der Waals surface area contributed by atoms with Crippen LogP contribution in [-0.4, -0.2) is 67.4 Å². The fourth-order valence-corrected chi connectivity index (χ4v) is 3.56. The summed E-state index contributed by atoms with van der Waals surface area (Å²) >= 11 is 0. The van der Waals surface area contributed by atoms with Crippen LogP contribution in [0.25, 0.3) is 12.2 Å². The Morgan fingerprint density at radius 2 is 1.29 bits per heavy atom. The third-order valence-electron chi connectivity index (χ3n) is 5.41. The van der Waals surface area contributed by atoms with Crippen molar-refractivity contribution in [3.8, 4) is 11.5 Å². The average molecular weight is 484 g/mol. The number of aliphatic hydroxyl groups excluding tert-OH is 2. The van der Waals surface area contributed by atoms with Gasteiger partial charge < -0.3 is 35.0 Å². The lowest BCUT2D eigenvalue weighted by atomic mass is 9.79. The van der Waals surface area contributed by atoms with Gasteiger partial charge in [0.2, 0.25) is 5.60 Å². The first-order valence-corrected chi connectivity index (χ1v) is 10.6. The maximum atomic E-state index is 12.4. The Labute approximate surface area is 200 Å². The van der Waals surface area contributed by atoms with Crippen molar-refractivity contribution in [2.45, 2.75) is 36.8 Å². The number of carbonyl (C=O) groups is 3. The van der Waals surface area contributed by atoms with Crippen LogP contribution >= 0.6 is 0 Å². The van der Waals surface area contributed by atoms with E-state index in [0.29, 0.717) is 11.1 Å². The molecule has 3 rings (SSSR count). The first kappa shape index (κ1) is 25.5. The molecule has 1 aliphatic rings. The number of carbonyl (C=O) groups excluding carboxylic acids is 2. The summed E-state index contributed by atoms with van der Waals surface area (Å²) in [6.45, 7) is 0. The zero-order valence-corrected chi connectivity index (χ0v) is 18.4. The number of hydrogen-bond acceptors (Lipinski definition) is 9. The predicted molar refractivity (Wildman–Crippen MR) is 122 cm³/mol. The molecule has 5 N–H and O–H groups in total. The number of benzene rings is 2. The van der Waals surface area contributed by atoms with Crippen LogP contribution in [0, 0.1) is 0 Å². The van der Waals surface area contributed by atoms with Crippen molar-refractivity contribution in [3.05, 3.63) is 71.8 Å². The van der Waals surface area contributed by atoms with Gasteiger partial charge in [0.05, 0.1) is 6.10 Å². The number of carboxylic acid groups (broad SMARTS) is 1. The van der Waals surface area contributed by atoms with E-state index in [1.54, 1.807) is 12.1 Å². The Hall–Kier alpha value is -4.15. The van der Waals surface area contributed by atoms with Crippen LogP contribution in [-0.2, 0) is 23.9 Å². The van der Waals surface area contributed by atoms with E-state index in [-0.39, 0.29) is 11.5 Å². The molecular formula is C25H24O10. The largest absolute Gasteiger partial charge is 0.508 e. The normalized spacial score (nSPS) is 24.3. The van der Waals surface area contributed by atoms with Gasteiger partial charge in [-0.05, 0) is 47.5 Å². The van der Waals surface area contributed by atoms with Crippen molar-refractivity contribution in [1.82, 2.24) is 0 Å². The maximum Gasteiger partial charge on any atom is 0.348 e. The molecule has 35 heavy (non-hydrogen) atoms. The van der Waals surface area contributed by atoms with Gasteiger partial charge in [-0.15, -0.1) is 0 Å². The molecule has 0 amide bonds. The van der Waals surface area contributed by atoms with Crippen molar-refractivity contribution in [3.63, 3.8) is 0 Å². The van der Waals surface area contributed by atoms with Gasteiger partial charge in [-0.2, -0.15) is 0 Å². The lowest BCUT2D eigenvalue weighted by molar-refractivity contribution is -0.207. The summed E-state index contributed by atoms with van der Waals surface area (Å²) in [5.41, 5.74) is -1.14. The number of aliphatic carboxylic acids is 1. The highest BCUT2D eigenvalue weighted by molar-refractivity contribution is 5.91. The molecule has 0 aliphatic heterocycles. The number of esters is 2. The van der Waals surface area contributed by atoms with Crippen LogP contribution in [0.1, 0.15) is 24.0 Å². The summed E-state index contributed by atoms with van der Waals surface area (Å²) in [6.07, 6.45) is -1.17. The zero-order chi connectivity index (χ0) is 25.6. The molecule has 0 spiro atoms. The number of phenolic OH excluding ortho intramolecular Hbond substituents is 2. The average Bonchev–Trinajstić information content (AvgIpc) is 2.81. The van der Waals surface area contributed by atoms with Gasteiger partial charge in [0.25, 0.3) is 0 Å². The molecule has 0 radical (unpaired) electrons. The van der Waals surface area contributed by atoms with Crippen LogP contribution in [0.5, 0.6) is 11.5 Å². The first-order valence-electron chi connectivity index (χ1n) is 10.6. The summed E-state index contributed by atoms with van der Waals surface area (Å²) in [5.74, 6) is -3.45. The lowest BCUT2D eigenvalue weighted by Crippen LogP contribution is -2.58. The van der Waals surface area contributed by atoms with Crippen LogP contribution in [0.3, 0.4) is 0 Å². The summed E-state index contributed by atoms with van der Waals surface area (Å²) in [7, 11) is 0. The van der Waals surface area contributed by atoms with Crippen LogP contribution in [0.2, 0.25) is 0 Å². The molecule has 0 aromatic heterocycles. The molecule has 1 fully saturated rings. The second-order valence-corrected chi connectivity index (χ2v) is 8.01. The van der Waals surface area contributed by atoms with Crippen molar-refractivity contribution in [2.75, 3.05) is 0 Å². The molecule has 0 saturated heterocycles. The van der Waals surface area contributed by atoms with E-state index in [2.05, 4.69) is 0 Å². The fraction of sp³-hybridized carbons (Fsp3) is 0.240. The number of phenols is 2. The molecule has 0 bridgehead atoms. The first-order chi connectivity index (χ1) is 16.6. The zero-order valence-electron chi connectivity index (χ0n) is 18.4. The standard InChI is InChI=1S/C25H24O10/c26-17-7-1-15(2-8-17)5-11-21(29)34-20-14-25(24(32)33,13-19(28)23(20)31)35-22(30)12-6-16-3-9-18(27)10-4-16/h1-12,19-20,23,26-28,31H,13-14H2,(H,32,33)/b11-5-,12-6-/t19-,20-,23-,25?/m1/s1.